The fourth-order valence-electron chi connectivity index (χ4n) is 3.93. The lowest BCUT2D eigenvalue weighted by atomic mass is 9.68. The number of carbonyl (C=O) groups excluding carboxylic acids is 1. The van der Waals surface area contributed by atoms with Gasteiger partial charge in [0.25, 0.3) is 0 Å². The summed E-state index contributed by atoms with van der Waals surface area (Å²) in [6.45, 7) is 2.14. The van der Waals surface area contributed by atoms with Crippen LogP contribution in [-0.2, 0) is 0 Å². The number of nitrogens with zero attached hydrogens (tertiary/aromatic N) is 1. The van der Waals surface area contributed by atoms with E-state index in [-0.39, 0.29) is 0 Å². The molecule has 1 saturated carbocycles. The van der Waals surface area contributed by atoms with Crippen LogP contribution in [0, 0.1) is 5.41 Å². The van der Waals surface area contributed by atoms with Gasteiger partial charge in [-0.05, 0) is 49.3 Å². The quantitative estimate of drug-likeness (QED) is 0.736. The highest BCUT2D eigenvalue weighted by Gasteiger charge is 2.35. The molecule has 0 N–H and O–H groups in total. The van der Waals surface area contributed by atoms with Crippen LogP contribution in [0.3, 0.4) is 0 Å². The molecule has 3 heteroatoms. The minimum Gasteiger partial charge on any atom is -0.371 e. The van der Waals surface area contributed by atoms with E-state index < -0.39 is 0 Å². The van der Waals surface area contributed by atoms with Gasteiger partial charge in [-0.2, -0.15) is 0 Å². The number of anilines is 1. The van der Waals surface area contributed by atoms with E-state index in [1.54, 1.807) is 6.07 Å². The van der Waals surface area contributed by atoms with Gasteiger partial charge in [0.15, 0.2) is 6.29 Å². The van der Waals surface area contributed by atoms with Crippen molar-refractivity contribution >= 4 is 23.6 Å². The second kappa shape index (κ2) is 5.77. The molecular formula is C17H22ClNO. The van der Waals surface area contributed by atoms with E-state index in [0.29, 0.717) is 10.4 Å². The molecule has 0 unspecified atom stereocenters. The highest BCUT2D eigenvalue weighted by molar-refractivity contribution is 6.31. The smallest absolute Gasteiger partial charge is 0.152 e. The van der Waals surface area contributed by atoms with Gasteiger partial charge in [-0.1, -0.05) is 30.9 Å². The van der Waals surface area contributed by atoms with E-state index in [1.165, 1.54) is 44.9 Å². The summed E-state index contributed by atoms with van der Waals surface area (Å²) in [6.07, 6.45) is 10.5. The van der Waals surface area contributed by atoms with Crippen LogP contribution in [0.1, 0.15) is 55.3 Å². The second-order valence-electron chi connectivity index (χ2n) is 6.37. The van der Waals surface area contributed by atoms with Gasteiger partial charge in [0, 0.05) is 29.4 Å². The van der Waals surface area contributed by atoms with Crippen LogP contribution in [0.5, 0.6) is 0 Å². The van der Waals surface area contributed by atoms with Crippen LogP contribution in [0.4, 0.5) is 5.69 Å². The average Bonchev–Trinajstić information content (AvgIpc) is 2.49. The molecule has 0 radical (unpaired) electrons. The van der Waals surface area contributed by atoms with Crippen molar-refractivity contribution in [2.24, 2.45) is 5.41 Å². The van der Waals surface area contributed by atoms with E-state index >= 15 is 0 Å². The third-order valence-electron chi connectivity index (χ3n) is 5.20. The summed E-state index contributed by atoms with van der Waals surface area (Å²) >= 11 is 5.97. The van der Waals surface area contributed by atoms with Gasteiger partial charge in [-0.25, -0.2) is 0 Å². The zero-order chi connectivity index (χ0) is 14.0. The summed E-state index contributed by atoms with van der Waals surface area (Å²) in [6, 6.07) is 5.65. The molecule has 0 bridgehead atoms. The molecule has 20 heavy (non-hydrogen) atoms. The van der Waals surface area contributed by atoms with E-state index in [9.17, 15) is 4.79 Å². The normalized spacial score (nSPS) is 21.9. The summed E-state index contributed by atoms with van der Waals surface area (Å²) in [7, 11) is 0. The average molecular weight is 292 g/mol. The Balaban J connectivity index is 1.73. The van der Waals surface area contributed by atoms with Crippen LogP contribution in [0.25, 0.3) is 0 Å². The molecule has 0 amide bonds. The maximum absolute atomic E-state index is 11.2. The molecule has 0 atom stereocenters. The molecule has 2 aliphatic rings. The van der Waals surface area contributed by atoms with Crippen LogP contribution in [0.15, 0.2) is 18.2 Å². The van der Waals surface area contributed by atoms with Crippen molar-refractivity contribution in [3.05, 3.63) is 28.8 Å². The van der Waals surface area contributed by atoms with Crippen molar-refractivity contribution in [3.63, 3.8) is 0 Å². The van der Waals surface area contributed by atoms with Gasteiger partial charge in [-0.3, -0.25) is 4.79 Å². The number of benzene rings is 1. The summed E-state index contributed by atoms with van der Waals surface area (Å²) in [4.78, 5) is 13.6. The van der Waals surface area contributed by atoms with E-state index in [4.69, 9.17) is 11.6 Å². The Kier molecular flexibility index (Phi) is 4.02. The first-order chi connectivity index (χ1) is 9.72. The number of halogens is 1. The fraction of sp³-hybridized carbons (Fsp3) is 0.588. The van der Waals surface area contributed by atoms with Gasteiger partial charge < -0.3 is 4.90 Å². The number of aldehydes is 1. The minimum atomic E-state index is 0.600. The number of rotatable bonds is 2. The summed E-state index contributed by atoms with van der Waals surface area (Å²) < 4.78 is 0. The largest absolute Gasteiger partial charge is 0.371 e. The molecule has 1 heterocycles. The van der Waals surface area contributed by atoms with Crippen LogP contribution >= 0.6 is 11.6 Å². The Morgan fingerprint density at radius 3 is 2.40 bits per heavy atom. The monoisotopic (exact) mass is 291 g/mol. The molecule has 2 fully saturated rings. The van der Waals surface area contributed by atoms with Crippen LogP contribution in [-0.4, -0.2) is 19.4 Å². The maximum atomic E-state index is 11.2. The van der Waals surface area contributed by atoms with Crippen molar-refractivity contribution in [1.29, 1.82) is 0 Å². The molecule has 108 valence electrons. The lowest BCUT2D eigenvalue weighted by Crippen LogP contribution is -2.41. The number of piperidine rings is 1. The molecule has 3 rings (SSSR count). The van der Waals surface area contributed by atoms with Crippen molar-refractivity contribution in [3.8, 4) is 0 Å². The molecule has 1 aliphatic carbocycles. The zero-order valence-corrected chi connectivity index (χ0v) is 12.7. The third-order valence-corrected chi connectivity index (χ3v) is 5.43. The zero-order valence-electron chi connectivity index (χ0n) is 11.9. The molecule has 1 spiro atoms. The molecule has 1 aromatic carbocycles. The molecular weight excluding hydrogens is 270 g/mol. The number of hydrogen-bond donors (Lipinski definition) is 0. The lowest BCUT2D eigenvalue weighted by Gasteiger charge is -2.45. The Morgan fingerprint density at radius 1 is 1.05 bits per heavy atom. The summed E-state index contributed by atoms with van der Waals surface area (Å²) in [5.41, 5.74) is 2.37. The van der Waals surface area contributed by atoms with Crippen molar-refractivity contribution in [2.75, 3.05) is 18.0 Å². The van der Waals surface area contributed by atoms with Gasteiger partial charge in [0.1, 0.15) is 0 Å². The standard InChI is InChI=1S/C17H22ClNO/c18-15-4-5-16(14(12-15)13-20)19-10-8-17(9-11-19)6-2-1-3-7-17/h4-5,12-13H,1-3,6-11H2. The second-order valence-corrected chi connectivity index (χ2v) is 6.81. The SMILES string of the molecule is O=Cc1cc(Cl)ccc1N1CCC2(CCCCC2)CC1. The van der Waals surface area contributed by atoms with Gasteiger partial charge >= 0.3 is 0 Å². The first kappa shape index (κ1) is 13.9. The fourth-order valence-corrected chi connectivity index (χ4v) is 4.11. The lowest BCUT2D eigenvalue weighted by molar-refractivity contribution is 0.112. The molecule has 2 nitrogen and oxygen atoms in total. The van der Waals surface area contributed by atoms with E-state index in [2.05, 4.69) is 4.90 Å². The first-order valence-electron chi connectivity index (χ1n) is 7.72. The predicted octanol–water partition coefficient (Wildman–Crippen LogP) is 4.70. The van der Waals surface area contributed by atoms with Crippen molar-refractivity contribution in [2.45, 2.75) is 44.9 Å². The molecule has 1 saturated heterocycles. The minimum absolute atomic E-state index is 0.600. The van der Waals surface area contributed by atoms with Gasteiger partial charge in [0.2, 0.25) is 0 Å². The van der Waals surface area contributed by atoms with E-state index in [1.807, 2.05) is 12.1 Å². The Labute approximate surface area is 126 Å². The topological polar surface area (TPSA) is 20.3 Å². The Hall–Kier alpha value is -1.02. The third kappa shape index (κ3) is 2.71. The first-order valence-corrected chi connectivity index (χ1v) is 8.10. The maximum Gasteiger partial charge on any atom is 0.152 e. The number of carbonyl (C=O) groups is 1. The number of hydrogen-bond acceptors (Lipinski definition) is 2. The summed E-state index contributed by atoms with van der Waals surface area (Å²) in [5, 5.41) is 0.636. The highest BCUT2D eigenvalue weighted by atomic mass is 35.5. The van der Waals surface area contributed by atoms with Crippen LogP contribution < -0.4 is 4.90 Å². The highest BCUT2D eigenvalue weighted by Crippen LogP contribution is 2.45. The predicted molar refractivity (Wildman–Crippen MR) is 83.8 cm³/mol. The molecule has 0 aromatic heterocycles. The Morgan fingerprint density at radius 2 is 1.75 bits per heavy atom. The van der Waals surface area contributed by atoms with E-state index in [0.717, 1.165) is 30.6 Å². The van der Waals surface area contributed by atoms with Crippen molar-refractivity contribution in [1.82, 2.24) is 0 Å². The Bertz CT molecular complexity index is 484. The molecule has 1 aliphatic heterocycles. The van der Waals surface area contributed by atoms with Crippen molar-refractivity contribution < 1.29 is 4.79 Å². The summed E-state index contributed by atoms with van der Waals surface area (Å²) in [5.74, 6) is 0. The van der Waals surface area contributed by atoms with Gasteiger partial charge in [-0.15, -0.1) is 0 Å². The van der Waals surface area contributed by atoms with Crippen LogP contribution in [0.2, 0.25) is 5.02 Å². The molecule has 1 aromatic rings. The van der Waals surface area contributed by atoms with Gasteiger partial charge in [0.05, 0.1) is 0 Å².